The van der Waals surface area contributed by atoms with E-state index < -0.39 is 9.84 Å². The van der Waals surface area contributed by atoms with Gasteiger partial charge in [0.15, 0.2) is 9.84 Å². The summed E-state index contributed by atoms with van der Waals surface area (Å²) in [5.74, 6) is 0.583. The van der Waals surface area contributed by atoms with Crippen LogP contribution < -0.4 is 5.32 Å². The van der Waals surface area contributed by atoms with Gasteiger partial charge in [0.25, 0.3) is 0 Å². The number of hydrogen-bond acceptors (Lipinski definition) is 5. The van der Waals surface area contributed by atoms with Crippen molar-refractivity contribution in [1.29, 1.82) is 0 Å². The molecule has 6 heteroatoms. The molecule has 19 heavy (non-hydrogen) atoms. The summed E-state index contributed by atoms with van der Waals surface area (Å²) in [5, 5.41) is 12.4. The minimum atomic E-state index is -2.81. The van der Waals surface area contributed by atoms with Crippen molar-refractivity contribution in [3.05, 3.63) is 0 Å². The number of unbranched alkanes of at least 4 members (excludes halogenated alkanes) is 1. The Morgan fingerprint density at radius 1 is 1.42 bits per heavy atom. The zero-order valence-corrected chi connectivity index (χ0v) is 13.2. The number of nitrogens with zero attached hydrogens (tertiary/aromatic N) is 1. The summed E-state index contributed by atoms with van der Waals surface area (Å²) in [4.78, 5) is 2.26. The van der Waals surface area contributed by atoms with E-state index in [0.29, 0.717) is 12.3 Å². The van der Waals surface area contributed by atoms with E-state index in [1.165, 1.54) is 0 Å². The zero-order chi connectivity index (χ0) is 14.5. The van der Waals surface area contributed by atoms with E-state index in [1.807, 2.05) is 20.9 Å². The molecule has 0 amide bonds. The van der Waals surface area contributed by atoms with E-state index in [-0.39, 0.29) is 23.9 Å². The molecule has 1 aliphatic rings. The fraction of sp³-hybridized carbons (Fsp3) is 1.00. The molecule has 5 nitrogen and oxygen atoms in total. The molecule has 0 aromatic carbocycles. The number of aliphatic hydroxyl groups is 1. The lowest BCUT2D eigenvalue weighted by molar-refractivity contribution is 0.166. The minimum Gasteiger partial charge on any atom is -0.394 e. The number of hydrogen-bond donors (Lipinski definition) is 2. The maximum absolute atomic E-state index is 11.5. The summed E-state index contributed by atoms with van der Waals surface area (Å²) in [6.45, 7) is 5.75. The van der Waals surface area contributed by atoms with E-state index in [1.54, 1.807) is 0 Å². The lowest BCUT2D eigenvalue weighted by atomic mass is 9.96. The predicted molar refractivity (Wildman–Crippen MR) is 78.1 cm³/mol. The maximum Gasteiger partial charge on any atom is 0.153 e. The average Bonchev–Trinajstić information content (AvgIpc) is 2.35. The largest absolute Gasteiger partial charge is 0.394 e. The lowest BCUT2D eigenvalue weighted by Gasteiger charge is -2.33. The van der Waals surface area contributed by atoms with E-state index in [0.717, 1.165) is 25.8 Å². The molecule has 0 radical (unpaired) electrons. The molecule has 0 saturated carbocycles. The lowest BCUT2D eigenvalue weighted by Crippen LogP contribution is -2.47. The molecule has 1 aliphatic heterocycles. The van der Waals surface area contributed by atoms with Gasteiger partial charge in [0.05, 0.1) is 18.1 Å². The van der Waals surface area contributed by atoms with Crippen LogP contribution in [0.2, 0.25) is 0 Å². The molecule has 2 N–H and O–H groups in total. The first-order valence-electron chi connectivity index (χ1n) is 7.06. The van der Waals surface area contributed by atoms with Crippen LogP contribution in [0.15, 0.2) is 0 Å². The molecule has 2 atom stereocenters. The molecule has 1 heterocycles. The Morgan fingerprint density at radius 2 is 2.11 bits per heavy atom. The van der Waals surface area contributed by atoms with Crippen LogP contribution in [0, 0.1) is 0 Å². The summed E-state index contributed by atoms with van der Waals surface area (Å²) in [7, 11) is -0.942. The quantitative estimate of drug-likeness (QED) is 0.658. The maximum atomic E-state index is 11.5. The fourth-order valence-electron chi connectivity index (χ4n) is 2.48. The van der Waals surface area contributed by atoms with E-state index in [9.17, 15) is 13.5 Å². The summed E-state index contributed by atoms with van der Waals surface area (Å²) in [5.41, 5.74) is -0.198. The van der Waals surface area contributed by atoms with Gasteiger partial charge in [-0.1, -0.05) is 6.42 Å². The SMILES string of the molecule is CNC(C)(CO)CCCCN1CCS(=O)(=O)CC1C. The van der Waals surface area contributed by atoms with Crippen LogP contribution in [-0.2, 0) is 9.84 Å². The molecular formula is C13H28N2O3S. The molecule has 1 rings (SSSR count). The van der Waals surface area contributed by atoms with Gasteiger partial charge >= 0.3 is 0 Å². The smallest absolute Gasteiger partial charge is 0.153 e. The van der Waals surface area contributed by atoms with Crippen molar-refractivity contribution in [3.8, 4) is 0 Å². The molecule has 2 unspecified atom stereocenters. The highest BCUT2D eigenvalue weighted by Gasteiger charge is 2.27. The third-order valence-corrected chi connectivity index (χ3v) is 5.98. The second kappa shape index (κ2) is 7.02. The van der Waals surface area contributed by atoms with Gasteiger partial charge < -0.3 is 10.4 Å². The average molecular weight is 292 g/mol. The van der Waals surface area contributed by atoms with Crippen LogP contribution in [0.5, 0.6) is 0 Å². The molecule has 0 bridgehead atoms. The van der Waals surface area contributed by atoms with E-state index in [4.69, 9.17) is 0 Å². The standard InChI is InChI=1S/C13H28N2O3S/c1-12-10-19(17,18)9-8-15(12)7-5-4-6-13(2,11-16)14-3/h12,14,16H,4-11H2,1-3H3. The van der Waals surface area contributed by atoms with Gasteiger partial charge in [-0.05, 0) is 40.3 Å². The Balaban J connectivity index is 2.27. The first-order chi connectivity index (χ1) is 8.82. The van der Waals surface area contributed by atoms with Crippen molar-refractivity contribution in [3.63, 3.8) is 0 Å². The molecule has 0 aromatic rings. The number of nitrogens with one attached hydrogen (secondary N) is 1. The summed E-state index contributed by atoms with van der Waals surface area (Å²) < 4.78 is 23.0. The first kappa shape index (κ1) is 16.9. The molecule has 0 spiro atoms. The van der Waals surface area contributed by atoms with Gasteiger partial charge in [-0.2, -0.15) is 0 Å². The number of sulfone groups is 1. The van der Waals surface area contributed by atoms with Gasteiger partial charge in [-0.15, -0.1) is 0 Å². The Morgan fingerprint density at radius 3 is 2.63 bits per heavy atom. The van der Waals surface area contributed by atoms with E-state index in [2.05, 4.69) is 10.2 Å². The van der Waals surface area contributed by atoms with Crippen LogP contribution in [0.3, 0.4) is 0 Å². The Kier molecular flexibility index (Phi) is 6.23. The van der Waals surface area contributed by atoms with E-state index >= 15 is 0 Å². The van der Waals surface area contributed by atoms with Crippen molar-refractivity contribution in [2.24, 2.45) is 0 Å². The molecular weight excluding hydrogens is 264 g/mol. The van der Waals surface area contributed by atoms with Gasteiger partial charge in [0.2, 0.25) is 0 Å². The summed E-state index contributed by atoms with van der Waals surface area (Å²) in [6.07, 6.45) is 3.01. The van der Waals surface area contributed by atoms with Crippen molar-refractivity contribution in [2.75, 3.05) is 38.2 Å². The third-order valence-electron chi connectivity index (χ3n) is 4.18. The molecule has 1 fully saturated rings. The van der Waals surface area contributed by atoms with Crippen LogP contribution in [0.4, 0.5) is 0 Å². The highest BCUT2D eigenvalue weighted by molar-refractivity contribution is 7.91. The van der Waals surface area contributed by atoms with Crippen molar-refractivity contribution in [1.82, 2.24) is 10.2 Å². The molecule has 0 aromatic heterocycles. The van der Waals surface area contributed by atoms with Crippen LogP contribution in [0.1, 0.15) is 33.1 Å². The highest BCUT2D eigenvalue weighted by atomic mass is 32.2. The minimum absolute atomic E-state index is 0.132. The monoisotopic (exact) mass is 292 g/mol. The van der Waals surface area contributed by atoms with Gasteiger partial charge in [-0.3, -0.25) is 4.90 Å². The molecule has 0 aliphatic carbocycles. The van der Waals surface area contributed by atoms with Crippen LogP contribution >= 0.6 is 0 Å². The Hall–Kier alpha value is -0.170. The fourth-order valence-corrected chi connectivity index (χ4v) is 4.10. The molecule has 114 valence electrons. The third kappa shape index (κ3) is 5.38. The van der Waals surface area contributed by atoms with Crippen molar-refractivity contribution in [2.45, 2.75) is 44.7 Å². The van der Waals surface area contributed by atoms with Crippen LogP contribution in [0.25, 0.3) is 0 Å². The second-order valence-corrected chi connectivity index (χ2v) is 8.15. The highest BCUT2D eigenvalue weighted by Crippen LogP contribution is 2.15. The second-order valence-electron chi connectivity index (χ2n) is 5.93. The zero-order valence-electron chi connectivity index (χ0n) is 12.4. The number of rotatable bonds is 7. The van der Waals surface area contributed by atoms with Gasteiger partial charge in [0.1, 0.15) is 0 Å². The van der Waals surface area contributed by atoms with Gasteiger partial charge in [0, 0.05) is 18.1 Å². The first-order valence-corrected chi connectivity index (χ1v) is 8.88. The molecule has 1 saturated heterocycles. The number of aliphatic hydroxyl groups excluding tert-OH is 1. The number of likely N-dealkylation sites (N-methyl/N-ethyl adjacent to an activating group) is 1. The Labute approximate surface area is 117 Å². The summed E-state index contributed by atoms with van der Waals surface area (Å²) >= 11 is 0. The normalized spacial score (nSPS) is 27.1. The van der Waals surface area contributed by atoms with Crippen molar-refractivity contribution < 1.29 is 13.5 Å². The van der Waals surface area contributed by atoms with Gasteiger partial charge in [-0.25, -0.2) is 8.42 Å². The summed E-state index contributed by atoms with van der Waals surface area (Å²) in [6, 6.07) is 0.132. The topological polar surface area (TPSA) is 69.6 Å². The predicted octanol–water partition coefficient (Wildman–Crippen LogP) is 0.246. The Bertz CT molecular complexity index is 366. The van der Waals surface area contributed by atoms with Crippen LogP contribution in [-0.4, -0.2) is 68.3 Å². The van der Waals surface area contributed by atoms with Crippen molar-refractivity contribution >= 4 is 9.84 Å².